The van der Waals surface area contributed by atoms with E-state index in [0.29, 0.717) is 34.9 Å². The first kappa shape index (κ1) is 22.9. The zero-order chi connectivity index (χ0) is 23.7. The van der Waals surface area contributed by atoms with E-state index >= 15 is 0 Å². The number of carboxylic acids is 1. The van der Waals surface area contributed by atoms with E-state index in [0.717, 1.165) is 24.9 Å². The highest BCUT2D eigenvalue weighted by atomic mass is 32.2. The van der Waals surface area contributed by atoms with E-state index < -0.39 is 16.8 Å². The molecule has 1 N–H and O–H groups in total. The Bertz CT molecular complexity index is 1190. The fourth-order valence-electron chi connectivity index (χ4n) is 3.71. The van der Waals surface area contributed by atoms with E-state index in [2.05, 4.69) is 4.90 Å². The van der Waals surface area contributed by atoms with E-state index in [-0.39, 0.29) is 15.6 Å². The zero-order valence-corrected chi connectivity index (χ0v) is 19.3. The van der Waals surface area contributed by atoms with Gasteiger partial charge in [-0.05, 0) is 43.0 Å². The van der Waals surface area contributed by atoms with Gasteiger partial charge in [0, 0.05) is 32.2 Å². The van der Waals surface area contributed by atoms with Crippen molar-refractivity contribution >= 4 is 63.3 Å². The predicted molar refractivity (Wildman–Crippen MR) is 132 cm³/mol. The molecular weight excluding hydrogens is 464 g/mol. The second-order valence-electron chi connectivity index (χ2n) is 7.67. The molecule has 0 unspecified atom stereocenters. The third-order valence-corrected chi connectivity index (χ3v) is 6.79. The smallest absolute Gasteiger partial charge is 0.335 e. The number of likely N-dealkylation sites (N-methyl/N-ethyl adjacent to an activating group) is 1. The molecule has 0 bridgehead atoms. The van der Waals surface area contributed by atoms with Crippen molar-refractivity contribution in [1.82, 2.24) is 4.90 Å². The fraction of sp³-hybridized carbons (Fsp3) is 0.227. The minimum Gasteiger partial charge on any atom is -0.478 e. The largest absolute Gasteiger partial charge is 0.478 e. The number of hydrogen-bond acceptors (Lipinski definition) is 8. The van der Waals surface area contributed by atoms with Crippen molar-refractivity contribution in [3.05, 3.63) is 68.6 Å². The monoisotopic (exact) mass is 484 g/mol. The Morgan fingerprint density at radius 3 is 2.58 bits per heavy atom. The molecule has 170 valence electrons. The number of rotatable bonds is 5. The zero-order valence-electron chi connectivity index (χ0n) is 17.6. The first-order valence-corrected chi connectivity index (χ1v) is 11.3. The Balaban J connectivity index is 1.62. The van der Waals surface area contributed by atoms with Gasteiger partial charge in [-0.15, -0.1) is 0 Å². The van der Waals surface area contributed by atoms with Gasteiger partial charge in [0.25, 0.3) is 11.6 Å². The second-order valence-corrected chi connectivity index (χ2v) is 9.34. The SMILES string of the molecule is CN1CCN(c2ccc(/C=C3/SC(=S)N(c4cccc(C(=O)O)c4)C3=O)cc2[N+](=O)[O-])CC1. The average Bonchev–Trinajstić information content (AvgIpc) is 3.07. The van der Waals surface area contributed by atoms with Gasteiger partial charge in [-0.1, -0.05) is 36.1 Å². The van der Waals surface area contributed by atoms with Crippen LogP contribution in [0.1, 0.15) is 15.9 Å². The van der Waals surface area contributed by atoms with Crippen LogP contribution in [0, 0.1) is 10.1 Å². The van der Waals surface area contributed by atoms with Crippen LogP contribution in [0.5, 0.6) is 0 Å². The Kier molecular flexibility index (Phi) is 6.45. The Labute approximate surface area is 199 Å². The van der Waals surface area contributed by atoms with Crippen LogP contribution in [0.15, 0.2) is 47.4 Å². The number of piperazine rings is 1. The minimum atomic E-state index is -1.11. The number of aromatic carboxylic acids is 1. The van der Waals surface area contributed by atoms with Crippen LogP contribution >= 0.6 is 24.0 Å². The number of carbonyl (C=O) groups is 2. The number of amides is 1. The van der Waals surface area contributed by atoms with Crippen LogP contribution in [0.4, 0.5) is 17.1 Å². The lowest BCUT2D eigenvalue weighted by atomic mass is 10.1. The summed E-state index contributed by atoms with van der Waals surface area (Å²) >= 11 is 6.41. The summed E-state index contributed by atoms with van der Waals surface area (Å²) in [4.78, 5) is 41.4. The van der Waals surface area contributed by atoms with Crippen molar-refractivity contribution < 1.29 is 19.6 Å². The molecule has 0 spiro atoms. The number of thioether (sulfide) groups is 1. The van der Waals surface area contributed by atoms with Gasteiger partial charge in [0.2, 0.25) is 0 Å². The van der Waals surface area contributed by atoms with Crippen LogP contribution in [0.3, 0.4) is 0 Å². The Morgan fingerprint density at radius 2 is 1.91 bits per heavy atom. The number of nitro groups is 1. The summed E-state index contributed by atoms with van der Waals surface area (Å²) in [6, 6.07) is 10.9. The number of thiocarbonyl (C=S) groups is 1. The van der Waals surface area contributed by atoms with E-state index in [1.54, 1.807) is 30.3 Å². The van der Waals surface area contributed by atoms with Gasteiger partial charge in [0.1, 0.15) is 5.69 Å². The molecule has 1 amide bonds. The molecule has 2 aromatic carbocycles. The quantitative estimate of drug-likeness (QED) is 0.295. The van der Waals surface area contributed by atoms with E-state index in [1.807, 2.05) is 11.9 Å². The van der Waals surface area contributed by atoms with Gasteiger partial charge in [0.05, 0.1) is 21.1 Å². The maximum absolute atomic E-state index is 13.0. The molecule has 2 heterocycles. The third kappa shape index (κ3) is 4.75. The van der Waals surface area contributed by atoms with Crippen molar-refractivity contribution in [2.45, 2.75) is 0 Å². The number of anilines is 2. The molecule has 0 aromatic heterocycles. The summed E-state index contributed by atoms with van der Waals surface area (Å²) < 4.78 is 0.261. The lowest BCUT2D eigenvalue weighted by Crippen LogP contribution is -2.44. The number of carboxylic acid groups (broad SMARTS) is 1. The predicted octanol–water partition coefficient (Wildman–Crippen LogP) is 3.45. The molecule has 0 atom stereocenters. The van der Waals surface area contributed by atoms with E-state index in [4.69, 9.17) is 12.2 Å². The van der Waals surface area contributed by atoms with Crippen LogP contribution in [0.25, 0.3) is 6.08 Å². The van der Waals surface area contributed by atoms with Gasteiger partial charge in [-0.25, -0.2) is 4.79 Å². The molecule has 0 saturated carbocycles. The number of benzene rings is 2. The standard InChI is InChI=1S/C22H20N4O5S2/c1-23-7-9-24(10-8-23)17-6-5-14(11-18(17)26(30)31)12-19-20(27)25(22(32)33-19)16-4-2-3-15(13-16)21(28)29/h2-6,11-13H,7-10H2,1H3,(H,28,29)/b19-12+. The summed E-state index contributed by atoms with van der Waals surface area (Å²) in [5.74, 6) is -1.51. The van der Waals surface area contributed by atoms with Gasteiger partial charge >= 0.3 is 5.97 Å². The third-order valence-electron chi connectivity index (χ3n) is 5.48. The number of carbonyl (C=O) groups excluding carboxylic acids is 1. The van der Waals surface area contributed by atoms with Crippen LogP contribution in [-0.2, 0) is 4.79 Å². The van der Waals surface area contributed by atoms with Crippen molar-refractivity contribution in [2.75, 3.05) is 43.0 Å². The minimum absolute atomic E-state index is 0.0158. The first-order valence-electron chi connectivity index (χ1n) is 10.1. The van der Waals surface area contributed by atoms with Crippen molar-refractivity contribution in [1.29, 1.82) is 0 Å². The van der Waals surface area contributed by atoms with Crippen LogP contribution in [0.2, 0.25) is 0 Å². The number of nitrogens with zero attached hydrogens (tertiary/aromatic N) is 4. The Morgan fingerprint density at radius 1 is 1.18 bits per heavy atom. The molecular formula is C22H20N4O5S2. The normalized spacial score (nSPS) is 18.3. The fourth-order valence-corrected chi connectivity index (χ4v) is 5.01. The number of nitro benzene ring substituents is 1. The topological polar surface area (TPSA) is 107 Å². The molecule has 2 aliphatic rings. The molecule has 2 aliphatic heterocycles. The van der Waals surface area contributed by atoms with Gasteiger partial charge in [0.15, 0.2) is 4.32 Å². The van der Waals surface area contributed by atoms with Crippen molar-refractivity contribution in [2.24, 2.45) is 0 Å². The highest BCUT2D eigenvalue weighted by molar-refractivity contribution is 8.27. The number of hydrogen-bond donors (Lipinski definition) is 1. The molecule has 2 fully saturated rings. The molecule has 2 saturated heterocycles. The summed E-state index contributed by atoms with van der Waals surface area (Å²) in [5.41, 5.74) is 1.46. The van der Waals surface area contributed by atoms with Gasteiger partial charge < -0.3 is 14.9 Å². The molecule has 2 aromatic rings. The van der Waals surface area contributed by atoms with Crippen LogP contribution < -0.4 is 9.80 Å². The summed E-state index contributed by atoms with van der Waals surface area (Å²) in [6.07, 6.45) is 1.57. The van der Waals surface area contributed by atoms with Gasteiger partial charge in [-0.3, -0.25) is 19.8 Å². The van der Waals surface area contributed by atoms with E-state index in [1.165, 1.54) is 23.1 Å². The maximum Gasteiger partial charge on any atom is 0.335 e. The highest BCUT2D eigenvalue weighted by Crippen LogP contribution is 2.37. The molecule has 0 aliphatic carbocycles. The van der Waals surface area contributed by atoms with Crippen molar-refractivity contribution in [3.8, 4) is 0 Å². The molecule has 33 heavy (non-hydrogen) atoms. The molecule has 4 rings (SSSR count). The van der Waals surface area contributed by atoms with Crippen LogP contribution in [-0.4, -0.2) is 64.4 Å². The molecule has 0 radical (unpaired) electrons. The Hall–Kier alpha value is -3.28. The highest BCUT2D eigenvalue weighted by Gasteiger charge is 2.34. The molecule has 11 heteroatoms. The second kappa shape index (κ2) is 9.30. The lowest BCUT2D eigenvalue weighted by Gasteiger charge is -2.33. The molecule has 9 nitrogen and oxygen atoms in total. The maximum atomic E-state index is 13.0. The van der Waals surface area contributed by atoms with Gasteiger partial charge in [-0.2, -0.15) is 0 Å². The summed E-state index contributed by atoms with van der Waals surface area (Å²) in [6.45, 7) is 3.05. The summed E-state index contributed by atoms with van der Waals surface area (Å²) in [7, 11) is 2.02. The first-order chi connectivity index (χ1) is 15.7. The summed E-state index contributed by atoms with van der Waals surface area (Å²) in [5, 5.41) is 21.0. The van der Waals surface area contributed by atoms with Crippen molar-refractivity contribution in [3.63, 3.8) is 0 Å². The average molecular weight is 485 g/mol. The van der Waals surface area contributed by atoms with E-state index in [9.17, 15) is 24.8 Å². The lowest BCUT2D eigenvalue weighted by molar-refractivity contribution is -0.384.